The van der Waals surface area contributed by atoms with Gasteiger partial charge in [0, 0.05) is 5.56 Å². The Morgan fingerprint density at radius 1 is 1.38 bits per heavy atom. The molecule has 0 aliphatic heterocycles. The highest BCUT2D eigenvalue weighted by molar-refractivity contribution is 5.88. The average molecular weight is 214 g/mol. The summed E-state index contributed by atoms with van der Waals surface area (Å²) in [6, 6.07) is 5.61. The molecule has 1 aliphatic carbocycles. The fourth-order valence-electron chi connectivity index (χ4n) is 1.91. The molecule has 1 aliphatic rings. The van der Waals surface area contributed by atoms with Crippen molar-refractivity contribution in [3.05, 3.63) is 47.1 Å². The number of rotatable bonds is 3. The summed E-state index contributed by atoms with van der Waals surface area (Å²) < 4.78 is 5.10. The first-order valence-electron chi connectivity index (χ1n) is 5.25. The van der Waals surface area contributed by atoms with Gasteiger partial charge in [0.2, 0.25) is 0 Å². The van der Waals surface area contributed by atoms with E-state index in [0.29, 0.717) is 11.3 Å². The molecule has 0 bridgehead atoms. The van der Waals surface area contributed by atoms with Gasteiger partial charge in [-0.3, -0.25) is 4.79 Å². The number of hydrogen-bond donors (Lipinski definition) is 0. The van der Waals surface area contributed by atoms with Crippen LogP contribution in [0.1, 0.15) is 29.3 Å². The summed E-state index contributed by atoms with van der Waals surface area (Å²) >= 11 is 0. The SMILES string of the molecule is COc1ccc(C2=CC(C)=CC2)c(C=O)c1. The molecule has 0 N–H and O–H groups in total. The van der Waals surface area contributed by atoms with E-state index in [9.17, 15) is 4.79 Å². The molecule has 0 fully saturated rings. The van der Waals surface area contributed by atoms with E-state index in [1.807, 2.05) is 12.1 Å². The summed E-state index contributed by atoms with van der Waals surface area (Å²) in [7, 11) is 1.60. The summed E-state index contributed by atoms with van der Waals surface area (Å²) in [6.45, 7) is 2.07. The maximum absolute atomic E-state index is 11.0. The van der Waals surface area contributed by atoms with Crippen LogP contribution in [0.2, 0.25) is 0 Å². The molecule has 0 amide bonds. The van der Waals surface area contributed by atoms with Gasteiger partial charge in [0.25, 0.3) is 0 Å². The van der Waals surface area contributed by atoms with Gasteiger partial charge >= 0.3 is 0 Å². The maximum atomic E-state index is 11.0. The second kappa shape index (κ2) is 4.35. The van der Waals surface area contributed by atoms with Crippen LogP contribution >= 0.6 is 0 Å². The van der Waals surface area contributed by atoms with Gasteiger partial charge < -0.3 is 4.74 Å². The zero-order valence-corrected chi connectivity index (χ0v) is 9.49. The van der Waals surface area contributed by atoms with Crippen molar-refractivity contribution in [3.63, 3.8) is 0 Å². The molecular formula is C14H14O2. The maximum Gasteiger partial charge on any atom is 0.150 e. The van der Waals surface area contributed by atoms with Crippen molar-refractivity contribution in [2.45, 2.75) is 13.3 Å². The Balaban J connectivity index is 2.42. The summed E-state index contributed by atoms with van der Waals surface area (Å²) in [5.41, 5.74) is 4.14. The molecule has 2 rings (SSSR count). The molecule has 1 aromatic rings. The van der Waals surface area contributed by atoms with Gasteiger partial charge in [0.05, 0.1) is 7.11 Å². The highest BCUT2D eigenvalue weighted by atomic mass is 16.5. The van der Waals surface area contributed by atoms with E-state index >= 15 is 0 Å². The Bertz CT molecular complexity index is 482. The first-order valence-corrected chi connectivity index (χ1v) is 5.25. The highest BCUT2D eigenvalue weighted by Crippen LogP contribution is 2.30. The van der Waals surface area contributed by atoms with Crippen LogP contribution in [-0.4, -0.2) is 13.4 Å². The fourth-order valence-corrected chi connectivity index (χ4v) is 1.91. The Morgan fingerprint density at radius 3 is 2.75 bits per heavy atom. The molecule has 82 valence electrons. The van der Waals surface area contributed by atoms with Gasteiger partial charge in [-0.1, -0.05) is 23.8 Å². The number of carbonyl (C=O) groups excluding carboxylic acids is 1. The molecule has 2 heteroatoms. The van der Waals surface area contributed by atoms with Crippen LogP contribution in [-0.2, 0) is 0 Å². The van der Waals surface area contributed by atoms with Crippen molar-refractivity contribution in [1.29, 1.82) is 0 Å². The lowest BCUT2D eigenvalue weighted by molar-refractivity contribution is 0.112. The quantitative estimate of drug-likeness (QED) is 0.722. The number of allylic oxidation sites excluding steroid dienone is 4. The number of methoxy groups -OCH3 is 1. The first kappa shape index (κ1) is 10.7. The van der Waals surface area contributed by atoms with Gasteiger partial charge in [-0.15, -0.1) is 0 Å². The molecule has 2 nitrogen and oxygen atoms in total. The van der Waals surface area contributed by atoms with Crippen molar-refractivity contribution in [2.24, 2.45) is 0 Å². The molecule has 0 saturated carbocycles. The largest absolute Gasteiger partial charge is 0.497 e. The summed E-state index contributed by atoms with van der Waals surface area (Å²) in [5, 5.41) is 0. The molecule has 0 radical (unpaired) electrons. The van der Waals surface area contributed by atoms with Gasteiger partial charge in [0.1, 0.15) is 5.75 Å². The molecule has 0 saturated heterocycles. The second-order valence-corrected chi connectivity index (χ2v) is 3.89. The predicted octanol–water partition coefficient (Wildman–Crippen LogP) is 3.24. The Kier molecular flexibility index (Phi) is 2.91. The minimum Gasteiger partial charge on any atom is -0.497 e. The lowest BCUT2D eigenvalue weighted by Crippen LogP contribution is -1.93. The van der Waals surface area contributed by atoms with Crippen molar-refractivity contribution in [2.75, 3.05) is 7.11 Å². The van der Waals surface area contributed by atoms with E-state index in [4.69, 9.17) is 4.74 Å². The van der Waals surface area contributed by atoms with Crippen LogP contribution in [0.5, 0.6) is 5.75 Å². The number of hydrogen-bond acceptors (Lipinski definition) is 2. The van der Waals surface area contributed by atoms with Crippen LogP contribution in [0.4, 0.5) is 0 Å². The minimum absolute atomic E-state index is 0.689. The van der Waals surface area contributed by atoms with E-state index in [1.165, 1.54) is 11.1 Å². The van der Waals surface area contributed by atoms with E-state index in [2.05, 4.69) is 19.1 Å². The summed E-state index contributed by atoms with van der Waals surface area (Å²) in [5.74, 6) is 0.717. The van der Waals surface area contributed by atoms with E-state index < -0.39 is 0 Å². The van der Waals surface area contributed by atoms with Crippen molar-refractivity contribution < 1.29 is 9.53 Å². The molecule has 0 heterocycles. The van der Waals surface area contributed by atoms with Crippen LogP contribution in [0, 0.1) is 0 Å². The second-order valence-electron chi connectivity index (χ2n) is 3.89. The van der Waals surface area contributed by atoms with E-state index in [0.717, 1.165) is 18.3 Å². The van der Waals surface area contributed by atoms with Gasteiger partial charge in [-0.25, -0.2) is 0 Å². The topological polar surface area (TPSA) is 26.3 Å². The Hall–Kier alpha value is -1.83. The number of carbonyl (C=O) groups is 1. The molecule has 0 aromatic heterocycles. The zero-order chi connectivity index (χ0) is 11.5. The van der Waals surface area contributed by atoms with Crippen molar-refractivity contribution in [3.8, 4) is 5.75 Å². The fraction of sp³-hybridized carbons (Fsp3) is 0.214. The minimum atomic E-state index is 0.689. The number of benzene rings is 1. The van der Waals surface area contributed by atoms with Gasteiger partial charge in [-0.2, -0.15) is 0 Å². The van der Waals surface area contributed by atoms with E-state index in [-0.39, 0.29) is 0 Å². The van der Waals surface area contributed by atoms with Crippen molar-refractivity contribution >= 4 is 11.9 Å². The lowest BCUT2D eigenvalue weighted by Gasteiger charge is -2.07. The lowest BCUT2D eigenvalue weighted by atomic mass is 9.99. The normalized spacial score (nSPS) is 14.4. The third-order valence-corrected chi connectivity index (χ3v) is 2.78. The predicted molar refractivity (Wildman–Crippen MR) is 64.7 cm³/mol. The average Bonchev–Trinajstić information content (AvgIpc) is 2.74. The monoisotopic (exact) mass is 214 g/mol. The number of aldehydes is 1. The van der Waals surface area contributed by atoms with Gasteiger partial charge in [-0.05, 0) is 36.6 Å². The smallest absolute Gasteiger partial charge is 0.150 e. The van der Waals surface area contributed by atoms with Crippen LogP contribution in [0.3, 0.4) is 0 Å². The molecule has 16 heavy (non-hydrogen) atoms. The third kappa shape index (κ3) is 1.91. The van der Waals surface area contributed by atoms with Crippen LogP contribution < -0.4 is 4.74 Å². The zero-order valence-electron chi connectivity index (χ0n) is 9.49. The molecule has 0 atom stereocenters. The molecule has 0 unspecified atom stereocenters. The van der Waals surface area contributed by atoms with E-state index in [1.54, 1.807) is 13.2 Å². The first-order chi connectivity index (χ1) is 7.74. The van der Waals surface area contributed by atoms with Gasteiger partial charge in [0.15, 0.2) is 6.29 Å². The standard InChI is InChI=1S/C14H14O2/c1-10-3-4-11(7-10)14-6-5-13(16-2)8-12(14)9-15/h3,5-9H,4H2,1-2H3. The Labute approximate surface area is 95.2 Å². The number of ether oxygens (including phenoxy) is 1. The summed E-state index contributed by atoms with van der Waals surface area (Å²) in [4.78, 5) is 11.0. The molecule has 0 spiro atoms. The van der Waals surface area contributed by atoms with Crippen LogP contribution in [0.15, 0.2) is 35.9 Å². The third-order valence-electron chi connectivity index (χ3n) is 2.78. The summed E-state index contributed by atoms with van der Waals surface area (Å²) in [6.07, 6.45) is 6.06. The Morgan fingerprint density at radius 2 is 2.19 bits per heavy atom. The molecule has 1 aromatic carbocycles. The van der Waals surface area contributed by atoms with Crippen LogP contribution in [0.25, 0.3) is 5.57 Å². The van der Waals surface area contributed by atoms with Crippen molar-refractivity contribution in [1.82, 2.24) is 0 Å². The molecular weight excluding hydrogens is 200 g/mol. The highest BCUT2D eigenvalue weighted by Gasteiger charge is 2.11.